The molecule has 0 saturated carbocycles. The van der Waals surface area contributed by atoms with E-state index in [1.807, 2.05) is 12.1 Å². The highest BCUT2D eigenvalue weighted by atomic mass is 16.5. The predicted octanol–water partition coefficient (Wildman–Crippen LogP) is 1.29. The van der Waals surface area contributed by atoms with Crippen LogP contribution in [0.25, 0.3) is 0 Å². The van der Waals surface area contributed by atoms with Crippen LogP contribution in [0.15, 0.2) is 35.4 Å². The van der Waals surface area contributed by atoms with Crippen molar-refractivity contribution < 1.29 is 14.4 Å². The molecular formula is C14H17N5O3. The summed E-state index contributed by atoms with van der Waals surface area (Å²) < 4.78 is 5.20. The Labute approximate surface area is 127 Å². The minimum absolute atomic E-state index is 0.195. The smallest absolute Gasteiger partial charge is 0.407 e. The Morgan fingerprint density at radius 3 is 2.68 bits per heavy atom. The molecule has 8 nitrogen and oxygen atoms in total. The molecular weight excluding hydrogens is 286 g/mol. The van der Waals surface area contributed by atoms with E-state index in [9.17, 15) is 4.79 Å². The molecule has 1 atom stereocenters. The Bertz CT molecular complexity index is 596. The van der Waals surface area contributed by atoms with Crippen molar-refractivity contribution in [2.75, 3.05) is 13.1 Å². The first-order chi connectivity index (χ1) is 10.7. The molecule has 1 fully saturated rings. The average molecular weight is 303 g/mol. The Morgan fingerprint density at radius 1 is 1.36 bits per heavy atom. The molecule has 2 N–H and O–H groups in total. The van der Waals surface area contributed by atoms with E-state index < -0.39 is 6.09 Å². The predicted molar refractivity (Wildman–Crippen MR) is 76.1 cm³/mol. The number of nitrogens with one attached hydrogen (secondary N) is 1. The van der Waals surface area contributed by atoms with Crippen molar-refractivity contribution in [3.63, 3.8) is 0 Å². The van der Waals surface area contributed by atoms with Gasteiger partial charge in [-0.25, -0.2) is 4.79 Å². The lowest BCUT2D eigenvalue weighted by molar-refractivity contribution is 0.127. The fourth-order valence-corrected chi connectivity index (χ4v) is 2.65. The van der Waals surface area contributed by atoms with Gasteiger partial charge in [-0.15, -0.1) is 0 Å². The van der Waals surface area contributed by atoms with E-state index in [2.05, 4.69) is 20.4 Å². The van der Waals surface area contributed by atoms with Crippen molar-refractivity contribution in [1.82, 2.24) is 25.3 Å². The molecule has 0 bridgehead atoms. The van der Waals surface area contributed by atoms with Crippen LogP contribution in [0.3, 0.4) is 0 Å². The van der Waals surface area contributed by atoms with Gasteiger partial charge in [0.1, 0.15) is 6.04 Å². The number of aromatic nitrogens is 3. The van der Waals surface area contributed by atoms with E-state index in [-0.39, 0.29) is 12.1 Å². The van der Waals surface area contributed by atoms with Gasteiger partial charge in [0.15, 0.2) is 6.33 Å². The van der Waals surface area contributed by atoms with Crippen molar-refractivity contribution >= 4 is 6.09 Å². The number of amides is 1. The second-order valence-electron chi connectivity index (χ2n) is 5.20. The zero-order valence-electron chi connectivity index (χ0n) is 11.9. The van der Waals surface area contributed by atoms with Crippen LogP contribution >= 0.6 is 0 Å². The molecule has 0 spiro atoms. The fraction of sp³-hybridized carbons (Fsp3) is 0.429. The first kappa shape index (κ1) is 14.5. The summed E-state index contributed by atoms with van der Waals surface area (Å²) in [4.78, 5) is 20.5. The molecule has 1 aliphatic heterocycles. The van der Waals surface area contributed by atoms with Crippen LogP contribution in [0, 0.1) is 0 Å². The molecule has 0 aliphatic carbocycles. The van der Waals surface area contributed by atoms with Crippen LogP contribution in [-0.4, -0.2) is 50.4 Å². The van der Waals surface area contributed by atoms with Crippen molar-refractivity contribution in [2.45, 2.75) is 24.9 Å². The lowest BCUT2D eigenvalue weighted by Gasteiger charge is -2.32. The number of carboxylic acid groups (broad SMARTS) is 1. The summed E-state index contributed by atoms with van der Waals surface area (Å²) in [6.45, 7) is 1.06. The lowest BCUT2D eigenvalue weighted by Crippen LogP contribution is -2.45. The summed E-state index contributed by atoms with van der Waals surface area (Å²) >= 11 is 0. The summed E-state index contributed by atoms with van der Waals surface area (Å²) in [5.41, 5.74) is 0.986. The zero-order chi connectivity index (χ0) is 15.4. The number of nitrogens with zero attached hydrogens (tertiary/aromatic N) is 4. The number of pyridine rings is 1. The highest BCUT2D eigenvalue weighted by Gasteiger charge is 2.27. The fourth-order valence-electron chi connectivity index (χ4n) is 2.65. The van der Waals surface area contributed by atoms with Gasteiger partial charge >= 0.3 is 6.09 Å². The normalized spacial score (nSPS) is 17.4. The molecule has 2 aromatic rings. The van der Waals surface area contributed by atoms with Crippen LogP contribution in [0.2, 0.25) is 0 Å². The minimum Gasteiger partial charge on any atom is -0.465 e. The monoisotopic (exact) mass is 303 g/mol. The van der Waals surface area contributed by atoms with Crippen molar-refractivity contribution in [2.24, 2.45) is 0 Å². The first-order valence-corrected chi connectivity index (χ1v) is 7.14. The molecule has 0 aromatic carbocycles. The second-order valence-corrected chi connectivity index (χ2v) is 5.20. The maximum atomic E-state index is 11.0. The van der Waals surface area contributed by atoms with Crippen LogP contribution < -0.4 is 5.32 Å². The molecule has 8 heteroatoms. The topological polar surface area (TPSA) is 104 Å². The van der Waals surface area contributed by atoms with Gasteiger partial charge in [0.05, 0.1) is 0 Å². The zero-order valence-corrected chi connectivity index (χ0v) is 11.9. The van der Waals surface area contributed by atoms with Gasteiger partial charge in [-0.2, -0.15) is 4.98 Å². The van der Waals surface area contributed by atoms with Gasteiger partial charge in [-0.05, 0) is 30.5 Å². The van der Waals surface area contributed by atoms with Gasteiger partial charge in [-0.1, -0.05) is 5.16 Å². The third kappa shape index (κ3) is 3.22. The largest absolute Gasteiger partial charge is 0.465 e. The number of hydrogen-bond donors (Lipinski definition) is 2. The molecule has 22 heavy (non-hydrogen) atoms. The average Bonchev–Trinajstić information content (AvgIpc) is 3.08. The Morgan fingerprint density at radius 2 is 2.09 bits per heavy atom. The quantitative estimate of drug-likeness (QED) is 0.876. The molecule has 1 saturated heterocycles. The third-order valence-electron chi connectivity index (χ3n) is 3.83. The number of likely N-dealkylation sites (tertiary alicyclic amines) is 1. The summed E-state index contributed by atoms with van der Waals surface area (Å²) in [5, 5.41) is 16.2. The first-order valence-electron chi connectivity index (χ1n) is 7.14. The maximum absolute atomic E-state index is 11.0. The van der Waals surface area contributed by atoms with Crippen molar-refractivity contribution in [1.29, 1.82) is 0 Å². The Hall–Kier alpha value is -2.48. The molecule has 116 valence electrons. The molecule has 2 aromatic heterocycles. The van der Waals surface area contributed by atoms with Gasteiger partial charge in [0, 0.05) is 31.5 Å². The highest BCUT2D eigenvalue weighted by Crippen LogP contribution is 2.22. The molecule has 1 aliphatic rings. The second kappa shape index (κ2) is 6.52. The summed E-state index contributed by atoms with van der Waals surface area (Å²) in [7, 11) is 0. The van der Waals surface area contributed by atoms with Crippen LogP contribution in [-0.2, 0) is 0 Å². The lowest BCUT2D eigenvalue weighted by atomic mass is 10.0. The van der Waals surface area contributed by atoms with E-state index in [1.54, 1.807) is 12.4 Å². The molecule has 3 rings (SSSR count). The van der Waals surface area contributed by atoms with Crippen LogP contribution in [0.4, 0.5) is 4.79 Å². The van der Waals surface area contributed by atoms with E-state index in [0.717, 1.165) is 18.4 Å². The number of hydrogen-bond acceptors (Lipinski definition) is 6. The highest BCUT2D eigenvalue weighted by molar-refractivity contribution is 5.65. The number of rotatable bonds is 4. The van der Waals surface area contributed by atoms with Crippen LogP contribution in [0.5, 0.6) is 0 Å². The third-order valence-corrected chi connectivity index (χ3v) is 3.83. The molecule has 3 heterocycles. The molecule has 0 radical (unpaired) electrons. The van der Waals surface area contributed by atoms with Crippen molar-refractivity contribution in [3.8, 4) is 0 Å². The van der Waals surface area contributed by atoms with Crippen molar-refractivity contribution in [3.05, 3.63) is 42.3 Å². The summed E-state index contributed by atoms with van der Waals surface area (Å²) in [6, 6.07) is 3.77. The summed E-state index contributed by atoms with van der Waals surface area (Å²) in [6.07, 6.45) is 5.45. The minimum atomic E-state index is -0.860. The van der Waals surface area contributed by atoms with E-state index in [4.69, 9.17) is 9.63 Å². The van der Waals surface area contributed by atoms with E-state index in [1.165, 1.54) is 11.2 Å². The van der Waals surface area contributed by atoms with E-state index in [0.29, 0.717) is 19.0 Å². The molecule has 1 amide bonds. The van der Waals surface area contributed by atoms with Gasteiger partial charge in [0.2, 0.25) is 5.89 Å². The molecule has 1 unspecified atom stereocenters. The van der Waals surface area contributed by atoms with Crippen LogP contribution in [0.1, 0.15) is 30.3 Å². The van der Waals surface area contributed by atoms with E-state index >= 15 is 0 Å². The SMILES string of the molecule is O=C(O)N1CCC(NC(c2ccncc2)c2ncno2)CC1. The van der Waals surface area contributed by atoms with Gasteiger partial charge in [0.25, 0.3) is 0 Å². The Kier molecular flexibility index (Phi) is 4.29. The maximum Gasteiger partial charge on any atom is 0.407 e. The number of carbonyl (C=O) groups is 1. The van der Waals surface area contributed by atoms with Gasteiger partial charge < -0.3 is 14.5 Å². The van der Waals surface area contributed by atoms with Gasteiger partial charge in [-0.3, -0.25) is 10.3 Å². The summed E-state index contributed by atoms with van der Waals surface area (Å²) in [5.74, 6) is 0.492. The standard InChI is InChI=1S/C14H17N5O3/c20-14(21)19-7-3-11(4-8-19)18-12(13-16-9-17-22-13)10-1-5-15-6-2-10/h1-2,5-6,9,11-12,18H,3-4,7-8H2,(H,20,21). The Balaban J connectivity index is 1.71. The number of piperidine rings is 1.